The second kappa shape index (κ2) is 7.99. The summed E-state index contributed by atoms with van der Waals surface area (Å²) in [6.45, 7) is -0.283. The first kappa shape index (κ1) is 20.5. The van der Waals surface area contributed by atoms with E-state index in [1.54, 1.807) is 0 Å². The van der Waals surface area contributed by atoms with Crippen LogP contribution < -0.4 is 10.4 Å². The van der Waals surface area contributed by atoms with Crippen LogP contribution in [-0.2, 0) is 17.5 Å². The lowest BCUT2D eigenvalue weighted by Crippen LogP contribution is -2.50. The molecular formula is C17H15F3N5O4-. The molecule has 2 N–H and O–H groups in total. The van der Waals surface area contributed by atoms with Crippen LogP contribution in [-0.4, -0.2) is 55.6 Å². The van der Waals surface area contributed by atoms with E-state index in [0.717, 1.165) is 17.2 Å². The number of carbonyl (C=O) groups is 2. The van der Waals surface area contributed by atoms with E-state index in [4.69, 9.17) is 0 Å². The second-order valence-corrected chi connectivity index (χ2v) is 6.37. The molecule has 1 saturated heterocycles. The van der Waals surface area contributed by atoms with Gasteiger partial charge in [-0.25, -0.2) is 9.97 Å². The number of rotatable bonds is 4. The Labute approximate surface area is 162 Å². The Hall–Kier alpha value is -3.28. The number of amides is 2. The summed E-state index contributed by atoms with van der Waals surface area (Å²) in [4.78, 5) is 35.4. The Bertz CT molecular complexity index is 907. The summed E-state index contributed by atoms with van der Waals surface area (Å²) in [5, 5.41) is 23.1. The highest BCUT2D eigenvalue weighted by Crippen LogP contribution is 2.28. The van der Waals surface area contributed by atoms with Crippen molar-refractivity contribution in [2.75, 3.05) is 6.54 Å². The van der Waals surface area contributed by atoms with Gasteiger partial charge in [-0.15, -0.1) is 0 Å². The molecule has 2 amide bonds. The zero-order valence-electron chi connectivity index (χ0n) is 14.8. The Morgan fingerprint density at radius 3 is 2.66 bits per heavy atom. The van der Waals surface area contributed by atoms with Crippen molar-refractivity contribution >= 4 is 12.0 Å². The number of aromatic nitrogens is 3. The maximum Gasteiger partial charge on any atom is 0.433 e. The summed E-state index contributed by atoms with van der Waals surface area (Å²) in [5.41, 5.74) is -0.0473. The molecule has 29 heavy (non-hydrogen) atoms. The standard InChI is InChI=1S/C17H16F3N5O4/c18-17(19,20)14-2-1-9(5-21-14)12-3-10(23-8-24-12)6-22-15(27)13-4-11(26)7-25(13)16(28)29/h1-3,5,8,11,13,26H,4,6-7H2,(H,22,27)(H,28,29)/p-1/t11-,13+/m1/s1. The number of aliphatic hydroxyl groups excluding tert-OH is 1. The number of carbonyl (C=O) groups excluding carboxylic acids is 2. The van der Waals surface area contributed by atoms with Gasteiger partial charge in [-0.1, -0.05) is 0 Å². The van der Waals surface area contributed by atoms with E-state index in [9.17, 15) is 33.0 Å². The van der Waals surface area contributed by atoms with Gasteiger partial charge in [-0.2, -0.15) is 13.2 Å². The topological polar surface area (TPSA) is 131 Å². The summed E-state index contributed by atoms with van der Waals surface area (Å²) in [6.07, 6.45) is -4.90. The van der Waals surface area contributed by atoms with Crippen LogP contribution in [0.2, 0.25) is 0 Å². The number of likely N-dealkylation sites (tertiary alicyclic amines) is 1. The van der Waals surface area contributed by atoms with Crippen molar-refractivity contribution in [1.82, 2.24) is 25.2 Å². The van der Waals surface area contributed by atoms with Crippen molar-refractivity contribution in [3.8, 4) is 11.3 Å². The average molecular weight is 410 g/mol. The third kappa shape index (κ3) is 4.77. The number of hydrogen-bond donors (Lipinski definition) is 2. The molecule has 2 atom stereocenters. The van der Waals surface area contributed by atoms with Crippen molar-refractivity contribution in [2.45, 2.75) is 31.3 Å². The molecule has 1 aliphatic heterocycles. The molecule has 1 fully saturated rings. The highest BCUT2D eigenvalue weighted by Gasteiger charge is 2.36. The molecule has 12 heteroatoms. The first-order chi connectivity index (χ1) is 13.6. The van der Waals surface area contributed by atoms with Crippen LogP contribution in [0.1, 0.15) is 17.8 Å². The molecule has 0 aliphatic carbocycles. The van der Waals surface area contributed by atoms with E-state index in [1.807, 2.05) is 0 Å². The number of nitrogens with one attached hydrogen (secondary N) is 1. The number of halogens is 3. The van der Waals surface area contributed by atoms with Crippen molar-refractivity contribution in [3.63, 3.8) is 0 Å². The molecule has 0 aromatic carbocycles. The van der Waals surface area contributed by atoms with Gasteiger partial charge in [0.25, 0.3) is 0 Å². The zero-order valence-corrected chi connectivity index (χ0v) is 14.8. The van der Waals surface area contributed by atoms with E-state index in [0.29, 0.717) is 17.0 Å². The van der Waals surface area contributed by atoms with Crippen LogP contribution in [0, 0.1) is 0 Å². The molecule has 2 aromatic rings. The normalized spacial score (nSPS) is 19.2. The van der Waals surface area contributed by atoms with Crippen LogP contribution in [0.25, 0.3) is 11.3 Å². The molecule has 0 bridgehead atoms. The Kier molecular flexibility index (Phi) is 5.64. The SMILES string of the molecule is O=C(NCc1cc(-c2ccc(C(F)(F)F)nc2)ncn1)[C@@H]1C[C@@H](O)CN1C(=O)[O-]. The summed E-state index contributed by atoms with van der Waals surface area (Å²) in [6, 6.07) is 2.44. The van der Waals surface area contributed by atoms with Gasteiger partial charge in [0.1, 0.15) is 24.2 Å². The van der Waals surface area contributed by atoms with Gasteiger partial charge in [0.15, 0.2) is 0 Å². The molecule has 0 radical (unpaired) electrons. The minimum Gasteiger partial charge on any atom is -0.530 e. The first-order valence-corrected chi connectivity index (χ1v) is 8.43. The Morgan fingerprint density at radius 1 is 1.28 bits per heavy atom. The molecular weight excluding hydrogens is 395 g/mol. The lowest BCUT2D eigenvalue weighted by molar-refractivity contribution is -0.266. The van der Waals surface area contributed by atoms with Crippen LogP contribution in [0.15, 0.2) is 30.7 Å². The summed E-state index contributed by atoms with van der Waals surface area (Å²) >= 11 is 0. The lowest BCUT2D eigenvalue weighted by atomic mass is 10.1. The third-order valence-electron chi connectivity index (χ3n) is 4.33. The maximum atomic E-state index is 12.6. The minimum absolute atomic E-state index is 0.0495. The Morgan fingerprint density at radius 2 is 2.03 bits per heavy atom. The zero-order chi connectivity index (χ0) is 21.2. The lowest BCUT2D eigenvalue weighted by Gasteiger charge is -2.25. The summed E-state index contributed by atoms with van der Waals surface area (Å²) in [7, 11) is 0. The molecule has 0 unspecified atom stereocenters. The monoisotopic (exact) mass is 410 g/mol. The smallest absolute Gasteiger partial charge is 0.433 e. The Balaban J connectivity index is 1.67. The first-order valence-electron chi connectivity index (χ1n) is 8.43. The molecule has 1 aliphatic rings. The number of alkyl halides is 3. The van der Waals surface area contributed by atoms with Crippen molar-refractivity contribution in [2.24, 2.45) is 0 Å². The summed E-state index contributed by atoms with van der Waals surface area (Å²) in [5.74, 6) is -0.623. The van der Waals surface area contributed by atoms with Crippen LogP contribution in [0.4, 0.5) is 18.0 Å². The molecule has 0 spiro atoms. The average Bonchev–Trinajstić information content (AvgIpc) is 3.08. The highest BCUT2D eigenvalue weighted by atomic mass is 19.4. The van der Waals surface area contributed by atoms with E-state index >= 15 is 0 Å². The number of β-amino-alcohol motifs (C(OH)–C–C–N with tert-alkyl or cyclic N) is 1. The fourth-order valence-corrected chi connectivity index (χ4v) is 2.92. The van der Waals surface area contributed by atoms with E-state index in [2.05, 4.69) is 20.3 Å². The van der Waals surface area contributed by atoms with Gasteiger partial charge in [-0.3, -0.25) is 9.78 Å². The predicted molar refractivity (Wildman–Crippen MR) is 88.6 cm³/mol. The van der Waals surface area contributed by atoms with Crippen molar-refractivity contribution in [1.29, 1.82) is 0 Å². The van der Waals surface area contributed by atoms with Crippen molar-refractivity contribution in [3.05, 3.63) is 42.1 Å². The van der Waals surface area contributed by atoms with Crippen molar-refractivity contribution < 1.29 is 33.0 Å². The number of pyridine rings is 1. The maximum absolute atomic E-state index is 12.6. The van der Waals surface area contributed by atoms with Gasteiger partial charge < -0.3 is 25.2 Å². The molecule has 9 nitrogen and oxygen atoms in total. The van der Waals surface area contributed by atoms with Gasteiger partial charge >= 0.3 is 6.18 Å². The van der Waals surface area contributed by atoms with E-state index in [-0.39, 0.29) is 19.5 Å². The molecule has 0 saturated carbocycles. The molecule has 154 valence electrons. The van der Waals surface area contributed by atoms with Crippen LogP contribution in [0.3, 0.4) is 0 Å². The van der Waals surface area contributed by atoms with Gasteiger partial charge in [0.2, 0.25) is 5.91 Å². The molecule has 3 heterocycles. The van der Waals surface area contributed by atoms with Crippen LogP contribution >= 0.6 is 0 Å². The van der Waals surface area contributed by atoms with Gasteiger partial charge in [-0.05, 0) is 18.2 Å². The van der Waals surface area contributed by atoms with Crippen LogP contribution in [0.5, 0.6) is 0 Å². The quantitative estimate of drug-likeness (QED) is 0.723. The fraction of sp³-hybridized carbons (Fsp3) is 0.353. The summed E-state index contributed by atoms with van der Waals surface area (Å²) < 4.78 is 37.8. The molecule has 3 rings (SSSR count). The second-order valence-electron chi connectivity index (χ2n) is 6.37. The number of aliphatic hydroxyl groups is 1. The predicted octanol–water partition coefficient (Wildman–Crippen LogP) is -0.0479. The van der Waals surface area contributed by atoms with E-state index < -0.39 is 36.0 Å². The third-order valence-corrected chi connectivity index (χ3v) is 4.33. The van der Waals surface area contributed by atoms with Gasteiger partial charge in [0, 0.05) is 24.7 Å². The van der Waals surface area contributed by atoms with Gasteiger partial charge in [0.05, 0.1) is 24.0 Å². The largest absolute Gasteiger partial charge is 0.530 e. The number of nitrogens with zero attached hydrogens (tertiary/aromatic N) is 4. The fourth-order valence-electron chi connectivity index (χ4n) is 2.92. The number of hydrogen-bond acceptors (Lipinski definition) is 7. The number of carboxylic acid groups (broad SMARTS) is 1. The minimum atomic E-state index is -4.55. The highest BCUT2D eigenvalue weighted by molar-refractivity contribution is 5.85. The molecule has 2 aromatic heterocycles. The van der Waals surface area contributed by atoms with E-state index in [1.165, 1.54) is 18.5 Å².